The maximum atomic E-state index is 11.7. The molecule has 0 unspecified atom stereocenters. The van der Waals surface area contributed by atoms with E-state index in [9.17, 15) is 8.42 Å². The van der Waals surface area contributed by atoms with Crippen molar-refractivity contribution >= 4 is 62.1 Å². The minimum absolute atomic E-state index is 0.495. The minimum atomic E-state index is -3.38. The van der Waals surface area contributed by atoms with Gasteiger partial charge in [-0.1, -0.05) is 59.6 Å². The van der Waals surface area contributed by atoms with Gasteiger partial charge in [0, 0.05) is 5.56 Å². The molecule has 2 N–H and O–H groups in total. The Kier molecular flexibility index (Phi) is 5.56. The van der Waals surface area contributed by atoms with Gasteiger partial charge in [0.2, 0.25) is 10.0 Å². The van der Waals surface area contributed by atoms with Crippen molar-refractivity contribution in [1.29, 1.82) is 0 Å². The van der Waals surface area contributed by atoms with Crippen LogP contribution < -0.4 is 4.72 Å². The molecule has 30 heavy (non-hydrogen) atoms. The van der Waals surface area contributed by atoms with Crippen molar-refractivity contribution in [3.05, 3.63) is 82.1 Å². The van der Waals surface area contributed by atoms with E-state index in [1.54, 1.807) is 24.3 Å². The van der Waals surface area contributed by atoms with Crippen molar-refractivity contribution in [3.8, 4) is 11.1 Å². The molecular weight excluding hydrogens is 441 g/mol. The Hall–Kier alpha value is -2.80. The number of sulfonamides is 1. The molecule has 0 aliphatic heterocycles. The lowest BCUT2D eigenvalue weighted by atomic mass is 10.0. The predicted molar refractivity (Wildman–Crippen MR) is 125 cm³/mol. The lowest BCUT2D eigenvalue weighted by molar-refractivity contribution is 0.607. The number of nitrogens with one attached hydrogen (secondary N) is 2. The smallest absolute Gasteiger partial charge is 0.229 e. The van der Waals surface area contributed by atoms with Crippen LogP contribution in [0.3, 0.4) is 0 Å². The zero-order valence-corrected chi connectivity index (χ0v) is 18.2. The first-order chi connectivity index (χ1) is 14.3. The minimum Gasteiger partial charge on any atom is -0.338 e. The number of H-pyrrole nitrogens is 1. The van der Waals surface area contributed by atoms with Gasteiger partial charge in [-0.15, -0.1) is 0 Å². The summed E-state index contributed by atoms with van der Waals surface area (Å²) < 4.78 is 25.9. The predicted octanol–water partition coefficient (Wildman–Crippen LogP) is 6.08. The maximum absolute atomic E-state index is 11.7. The molecule has 0 aliphatic carbocycles. The number of fused-ring (bicyclic) bond motifs is 1. The molecule has 152 valence electrons. The molecule has 0 bridgehead atoms. The van der Waals surface area contributed by atoms with E-state index in [0.29, 0.717) is 21.6 Å². The summed E-state index contributed by atoms with van der Waals surface area (Å²) in [7, 11) is -3.38. The number of nitrogens with zero attached hydrogens (tertiary/aromatic N) is 1. The molecule has 0 fully saturated rings. The van der Waals surface area contributed by atoms with Gasteiger partial charge in [-0.25, -0.2) is 13.4 Å². The highest BCUT2D eigenvalue weighted by atomic mass is 35.5. The third-order valence-electron chi connectivity index (χ3n) is 4.41. The zero-order valence-electron chi connectivity index (χ0n) is 15.9. The van der Waals surface area contributed by atoms with Gasteiger partial charge in [-0.2, -0.15) is 0 Å². The molecule has 8 heteroatoms. The van der Waals surface area contributed by atoms with Crippen LogP contribution in [0.15, 0.2) is 60.7 Å². The Morgan fingerprint density at radius 1 is 0.967 bits per heavy atom. The number of para-hydroxylation sites is 1. The number of anilines is 1. The molecule has 1 aromatic heterocycles. The Morgan fingerprint density at radius 2 is 1.77 bits per heavy atom. The summed E-state index contributed by atoms with van der Waals surface area (Å²) in [6.07, 6.45) is 4.89. The maximum Gasteiger partial charge on any atom is 0.229 e. The van der Waals surface area contributed by atoms with E-state index in [1.165, 1.54) is 0 Å². The molecular formula is C22H17Cl2N3O2S. The molecule has 4 aromatic rings. The fourth-order valence-corrected chi connectivity index (χ4v) is 3.97. The van der Waals surface area contributed by atoms with Gasteiger partial charge in [-0.3, -0.25) is 4.72 Å². The normalized spacial score (nSPS) is 12.0. The summed E-state index contributed by atoms with van der Waals surface area (Å²) in [4.78, 5) is 7.87. The zero-order chi connectivity index (χ0) is 21.3. The molecule has 5 nitrogen and oxygen atoms in total. The van der Waals surface area contributed by atoms with Crippen molar-refractivity contribution < 1.29 is 8.42 Å². The van der Waals surface area contributed by atoms with Crippen LogP contribution in [0.2, 0.25) is 10.0 Å². The summed E-state index contributed by atoms with van der Waals surface area (Å²) in [5.74, 6) is 0.691. The first-order valence-corrected chi connectivity index (χ1v) is 11.6. The molecule has 0 atom stereocenters. The van der Waals surface area contributed by atoms with Crippen molar-refractivity contribution in [2.45, 2.75) is 0 Å². The lowest BCUT2D eigenvalue weighted by Crippen LogP contribution is -2.10. The molecule has 1 heterocycles. The van der Waals surface area contributed by atoms with Gasteiger partial charge in [0.1, 0.15) is 5.82 Å². The third kappa shape index (κ3) is 4.67. The first-order valence-electron chi connectivity index (χ1n) is 8.98. The van der Waals surface area contributed by atoms with Crippen molar-refractivity contribution in [3.63, 3.8) is 0 Å². The molecule has 0 radical (unpaired) electrons. The van der Waals surface area contributed by atoms with Crippen LogP contribution in [0.25, 0.3) is 34.3 Å². The van der Waals surface area contributed by atoms with Gasteiger partial charge in [-0.05, 0) is 47.5 Å². The van der Waals surface area contributed by atoms with Crippen LogP contribution in [0.4, 0.5) is 5.69 Å². The number of hydrogen-bond donors (Lipinski definition) is 2. The van der Waals surface area contributed by atoms with Gasteiger partial charge in [0.25, 0.3) is 0 Å². The Labute approximate surface area is 184 Å². The summed E-state index contributed by atoms with van der Waals surface area (Å²) in [5.41, 5.74) is 4.72. The fraction of sp³-hybridized carbons (Fsp3) is 0.0455. The highest BCUT2D eigenvalue weighted by Crippen LogP contribution is 2.30. The largest absolute Gasteiger partial charge is 0.338 e. The van der Waals surface area contributed by atoms with Crippen molar-refractivity contribution in [2.24, 2.45) is 0 Å². The summed E-state index contributed by atoms with van der Waals surface area (Å²) in [6.45, 7) is 0. The average Bonchev–Trinajstić information content (AvgIpc) is 3.10. The van der Waals surface area contributed by atoms with Crippen LogP contribution in [0.1, 0.15) is 11.4 Å². The van der Waals surface area contributed by atoms with Crippen LogP contribution >= 0.6 is 23.2 Å². The molecule has 0 saturated heterocycles. The number of imidazole rings is 1. The second kappa shape index (κ2) is 8.14. The Morgan fingerprint density at radius 3 is 2.53 bits per heavy atom. The molecule has 0 amide bonds. The average molecular weight is 458 g/mol. The summed E-state index contributed by atoms with van der Waals surface area (Å²) in [5, 5.41) is 1.00. The van der Waals surface area contributed by atoms with Gasteiger partial charge < -0.3 is 4.98 Å². The molecule has 0 aliphatic rings. The standard InChI is InChI=1S/C22H17Cl2N3O2S/c1-30(28,29)27-19-5-3-2-4-16(19)15-8-10-20-21(13-15)26-22(25-20)11-7-14-6-9-17(23)18(24)12-14/h2-13,27H,1H3,(H,25,26). The van der Waals surface area contributed by atoms with Crippen molar-refractivity contribution in [2.75, 3.05) is 11.0 Å². The van der Waals surface area contributed by atoms with Gasteiger partial charge >= 0.3 is 0 Å². The number of hydrogen-bond acceptors (Lipinski definition) is 3. The number of rotatable bonds is 5. The van der Waals surface area contributed by atoms with E-state index in [4.69, 9.17) is 23.2 Å². The number of halogens is 2. The van der Waals surface area contributed by atoms with Gasteiger partial charge in [0.05, 0.1) is 33.0 Å². The quantitative estimate of drug-likeness (QED) is 0.381. The third-order valence-corrected chi connectivity index (χ3v) is 5.74. The van der Waals surface area contributed by atoms with Crippen LogP contribution in [-0.2, 0) is 10.0 Å². The van der Waals surface area contributed by atoms with E-state index in [-0.39, 0.29) is 0 Å². The molecule has 0 spiro atoms. The van der Waals surface area contributed by atoms with E-state index in [0.717, 1.165) is 34.0 Å². The monoisotopic (exact) mass is 457 g/mol. The second-order valence-corrected chi connectivity index (χ2v) is 9.34. The topological polar surface area (TPSA) is 74.8 Å². The van der Waals surface area contributed by atoms with E-state index < -0.39 is 10.0 Å². The van der Waals surface area contributed by atoms with Crippen LogP contribution in [-0.4, -0.2) is 24.6 Å². The SMILES string of the molecule is CS(=O)(=O)Nc1ccccc1-c1ccc2[nH]c(C=Cc3ccc(Cl)c(Cl)c3)nc2c1. The van der Waals surface area contributed by atoms with E-state index in [1.807, 2.05) is 48.6 Å². The van der Waals surface area contributed by atoms with E-state index in [2.05, 4.69) is 14.7 Å². The summed E-state index contributed by atoms with van der Waals surface area (Å²) in [6, 6.07) is 18.4. The molecule has 4 rings (SSSR count). The molecule has 3 aromatic carbocycles. The fourth-order valence-electron chi connectivity index (χ4n) is 3.09. The van der Waals surface area contributed by atoms with Gasteiger partial charge in [0.15, 0.2) is 0 Å². The molecule has 0 saturated carbocycles. The van der Waals surface area contributed by atoms with Crippen LogP contribution in [0.5, 0.6) is 0 Å². The highest BCUT2D eigenvalue weighted by molar-refractivity contribution is 7.92. The number of aromatic nitrogens is 2. The highest BCUT2D eigenvalue weighted by Gasteiger charge is 2.10. The van der Waals surface area contributed by atoms with Crippen LogP contribution in [0, 0.1) is 0 Å². The van der Waals surface area contributed by atoms with E-state index >= 15 is 0 Å². The lowest BCUT2D eigenvalue weighted by Gasteiger charge is -2.10. The van der Waals surface area contributed by atoms with Crippen molar-refractivity contribution in [1.82, 2.24) is 9.97 Å². The first kappa shape index (κ1) is 20.5. The second-order valence-electron chi connectivity index (χ2n) is 6.78. The number of benzene rings is 3. The Balaban J connectivity index is 1.67. The Bertz CT molecular complexity index is 1380. The number of aromatic amines is 1. The summed E-state index contributed by atoms with van der Waals surface area (Å²) >= 11 is 12.0.